The lowest BCUT2D eigenvalue weighted by molar-refractivity contribution is 0.330. The second kappa shape index (κ2) is 6.01. The van der Waals surface area contributed by atoms with E-state index in [1.807, 2.05) is 24.4 Å². The predicted octanol–water partition coefficient (Wildman–Crippen LogP) is 5.27. The molecule has 1 aliphatic rings. The van der Waals surface area contributed by atoms with E-state index < -0.39 is 0 Å². The van der Waals surface area contributed by atoms with Gasteiger partial charge >= 0.3 is 0 Å². The number of nitrogens with zero attached hydrogens (tertiary/aromatic N) is 1. The van der Waals surface area contributed by atoms with Gasteiger partial charge < -0.3 is 5.32 Å². The predicted molar refractivity (Wildman–Crippen MR) is 86.4 cm³/mol. The van der Waals surface area contributed by atoms with E-state index in [-0.39, 0.29) is 0 Å². The Bertz CT molecular complexity index is 589. The maximum Gasteiger partial charge on any atom is 0.0934 e. The number of halogens is 1. The van der Waals surface area contributed by atoms with Crippen LogP contribution in [0.25, 0.3) is 10.9 Å². The Morgan fingerprint density at radius 3 is 2.80 bits per heavy atom. The summed E-state index contributed by atoms with van der Waals surface area (Å²) >= 11 is 6.22. The zero-order valence-corrected chi connectivity index (χ0v) is 12.7. The first-order valence-corrected chi connectivity index (χ1v) is 7.95. The van der Waals surface area contributed by atoms with Crippen LogP contribution in [0.4, 0.5) is 5.69 Å². The number of fused-ring (bicyclic) bond motifs is 1. The quantitative estimate of drug-likeness (QED) is 0.832. The van der Waals surface area contributed by atoms with Crippen molar-refractivity contribution in [2.75, 3.05) is 5.32 Å². The van der Waals surface area contributed by atoms with Crippen molar-refractivity contribution in [3.05, 3.63) is 35.5 Å². The number of benzene rings is 1. The molecule has 0 bridgehead atoms. The van der Waals surface area contributed by atoms with E-state index in [9.17, 15) is 0 Å². The maximum atomic E-state index is 6.22. The van der Waals surface area contributed by atoms with Crippen LogP contribution in [0.1, 0.15) is 39.0 Å². The standard InChI is InChI=1S/C17H21ClN2/c1-2-12-5-7-15(8-6-12)20-16-11-14(18)10-13-4-3-9-19-17(13)16/h3-4,9-12,15,20H,2,5-8H2,1H3. The summed E-state index contributed by atoms with van der Waals surface area (Å²) in [4.78, 5) is 4.50. The Hall–Kier alpha value is -1.28. The normalized spacial score (nSPS) is 22.9. The summed E-state index contributed by atoms with van der Waals surface area (Å²) in [6.07, 6.45) is 8.32. The van der Waals surface area contributed by atoms with E-state index >= 15 is 0 Å². The number of anilines is 1. The van der Waals surface area contributed by atoms with Gasteiger partial charge in [0, 0.05) is 22.6 Å². The molecule has 0 saturated heterocycles. The number of nitrogens with one attached hydrogen (secondary N) is 1. The van der Waals surface area contributed by atoms with Crippen molar-refractivity contribution in [2.45, 2.75) is 45.1 Å². The van der Waals surface area contributed by atoms with Gasteiger partial charge in [-0.05, 0) is 49.8 Å². The molecular formula is C17H21ClN2. The summed E-state index contributed by atoms with van der Waals surface area (Å²) in [5.74, 6) is 0.919. The highest BCUT2D eigenvalue weighted by Crippen LogP contribution is 2.31. The van der Waals surface area contributed by atoms with Gasteiger partial charge in [-0.3, -0.25) is 4.98 Å². The maximum absolute atomic E-state index is 6.22. The van der Waals surface area contributed by atoms with Crippen LogP contribution in [-0.4, -0.2) is 11.0 Å². The number of rotatable bonds is 3. The Morgan fingerprint density at radius 1 is 1.25 bits per heavy atom. The third-order valence-electron chi connectivity index (χ3n) is 4.45. The molecule has 20 heavy (non-hydrogen) atoms. The molecule has 1 aliphatic carbocycles. The van der Waals surface area contributed by atoms with Crippen LogP contribution in [0.5, 0.6) is 0 Å². The summed E-state index contributed by atoms with van der Waals surface area (Å²) in [7, 11) is 0. The van der Waals surface area contributed by atoms with Crippen molar-refractivity contribution < 1.29 is 0 Å². The topological polar surface area (TPSA) is 24.9 Å². The summed E-state index contributed by atoms with van der Waals surface area (Å²) in [5.41, 5.74) is 2.10. The molecule has 106 valence electrons. The molecule has 1 aromatic carbocycles. The van der Waals surface area contributed by atoms with Gasteiger partial charge in [0.1, 0.15) is 0 Å². The highest BCUT2D eigenvalue weighted by molar-refractivity contribution is 6.31. The molecule has 0 atom stereocenters. The van der Waals surface area contributed by atoms with Crippen molar-refractivity contribution in [3.8, 4) is 0 Å². The third-order valence-corrected chi connectivity index (χ3v) is 4.67. The molecule has 2 aromatic rings. The zero-order valence-electron chi connectivity index (χ0n) is 11.9. The molecule has 0 spiro atoms. The minimum Gasteiger partial charge on any atom is -0.381 e. The van der Waals surface area contributed by atoms with Gasteiger partial charge in [0.2, 0.25) is 0 Å². The molecule has 1 fully saturated rings. The minimum atomic E-state index is 0.557. The summed E-state index contributed by atoms with van der Waals surface area (Å²) in [5, 5.41) is 5.54. The van der Waals surface area contributed by atoms with E-state index in [1.54, 1.807) is 0 Å². The van der Waals surface area contributed by atoms with Crippen LogP contribution in [0.15, 0.2) is 30.5 Å². The van der Waals surface area contributed by atoms with E-state index in [0.717, 1.165) is 27.5 Å². The molecule has 1 saturated carbocycles. The zero-order chi connectivity index (χ0) is 13.9. The highest BCUT2D eigenvalue weighted by Gasteiger charge is 2.20. The van der Waals surface area contributed by atoms with Gasteiger partial charge in [0.25, 0.3) is 0 Å². The average Bonchev–Trinajstić information content (AvgIpc) is 2.48. The Labute approximate surface area is 125 Å². The van der Waals surface area contributed by atoms with Crippen LogP contribution in [0.2, 0.25) is 5.02 Å². The first-order valence-electron chi connectivity index (χ1n) is 7.57. The molecule has 3 heteroatoms. The van der Waals surface area contributed by atoms with Gasteiger partial charge in [0.05, 0.1) is 11.2 Å². The van der Waals surface area contributed by atoms with Gasteiger partial charge in [-0.15, -0.1) is 0 Å². The van der Waals surface area contributed by atoms with Crippen LogP contribution >= 0.6 is 11.6 Å². The van der Waals surface area contributed by atoms with Gasteiger partial charge in [0.15, 0.2) is 0 Å². The third kappa shape index (κ3) is 2.90. The lowest BCUT2D eigenvalue weighted by Gasteiger charge is -2.29. The van der Waals surface area contributed by atoms with Crippen LogP contribution in [-0.2, 0) is 0 Å². The second-order valence-corrected chi connectivity index (χ2v) is 6.24. The monoisotopic (exact) mass is 288 g/mol. The SMILES string of the molecule is CCC1CCC(Nc2cc(Cl)cc3cccnc23)CC1. The Balaban J connectivity index is 1.81. The van der Waals surface area contributed by atoms with E-state index in [1.165, 1.54) is 32.1 Å². The van der Waals surface area contributed by atoms with Crippen LogP contribution < -0.4 is 5.32 Å². The summed E-state index contributed by atoms with van der Waals surface area (Å²) in [6, 6.07) is 8.55. The molecule has 1 aromatic heterocycles. The molecule has 0 amide bonds. The highest BCUT2D eigenvalue weighted by atomic mass is 35.5. The molecule has 3 rings (SSSR count). The van der Waals surface area contributed by atoms with Crippen molar-refractivity contribution in [1.82, 2.24) is 4.98 Å². The fraction of sp³-hybridized carbons (Fsp3) is 0.471. The van der Waals surface area contributed by atoms with Gasteiger partial charge in [-0.25, -0.2) is 0 Å². The fourth-order valence-electron chi connectivity index (χ4n) is 3.20. The molecule has 1 heterocycles. The minimum absolute atomic E-state index is 0.557. The van der Waals surface area contributed by atoms with Crippen LogP contribution in [0.3, 0.4) is 0 Å². The molecule has 2 nitrogen and oxygen atoms in total. The van der Waals surface area contributed by atoms with Gasteiger partial charge in [-0.1, -0.05) is 31.0 Å². The summed E-state index contributed by atoms with van der Waals surface area (Å²) < 4.78 is 0. The smallest absolute Gasteiger partial charge is 0.0934 e. The first kappa shape index (κ1) is 13.7. The number of pyridine rings is 1. The van der Waals surface area contributed by atoms with Crippen LogP contribution in [0, 0.1) is 5.92 Å². The Kier molecular flexibility index (Phi) is 4.11. The molecule has 1 N–H and O–H groups in total. The lowest BCUT2D eigenvalue weighted by Crippen LogP contribution is -2.26. The largest absolute Gasteiger partial charge is 0.381 e. The molecule has 0 radical (unpaired) electrons. The molecule has 0 aliphatic heterocycles. The Morgan fingerprint density at radius 2 is 2.05 bits per heavy atom. The van der Waals surface area contributed by atoms with Crippen molar-refractivity contribution in [2.24, 2.45) is 5.92 Å². The van der Waals surface area contributed by atoms with E-state index in [4.69, 9.17) is 11.6 Å². The van der Waals surface area contributed by atoms with Crippen molar-refractivity contribution >= 4 is 28.2 Å². The summed E-state index contributed by atoms with van der Waals surface area (Å²) in [6.45, 7) is 2.30. The number of aromatic nitrogens is 1. The van der Waals surface area contributed by atoms with Gasteiger partial charge in [-0.2, -0.15) is 0 Å². The number of hydrogen-bond donors (Lipinski definition) is 1. The van der Waals surface area contributed by atoms with E-state index in [2.05, 4.69) is 23.3 Å². The first-order chi connectivity index (χ1) is 9.76. The molecular weight excluding hydrogens is 268 g/mol. The second-order valence-electron chi connectivity index (χ2n) is 5.80. The van der Waals surface area contributed by atoms with E-state index in [0.29, 0.717) is 6.04 Å². The average molecular weight is 289 g/mol. The lowest BCUT2D eigenvalue weighted by atomic mass is 9.84. The van der Waals surface area contributed by atoms with Crippen molar-refractivity contribution in [1.29, 1.82) is 0 Å². The fourth-order valence-corrected chi connectivity index (χ4v) is 3.43. The number of hydrogen-bond acceptors (Lipinski definition) is 2. The van der Waals surface area contributed by atoms with Crippen molar-refractivity contribution in [3.63, 3.8) is 0 Å². The molecule has 0 unspecified atom stereocenters.